The zero-order chi connectivity index (χ0) is 26.7. The highest BCUT2D eigenvalue weighted by atomic mass is 16.6. The summed E-state index contributed by atoms with van der Waals surface area (Å²) in [4.78, 5) is 24.8. The maximum Gasteiger partial charge on any atom is 0.343 e. The van der Waals surface area contributed by atoms with Crippen molar-refractivity contribution in [1.29, 1.82) is 0 Å². The van der Waals surface area contributed by atoms with Gasteiger partial charge in [-0.05, 0) is 73.3 Å². The number of carbonyl (C=O) groups excluding carboxylic acids is 2. The molecule has 0 heterocycles. The highest BCUT2D eigenvalue weighted by Gasteiger charge is 2.14. The number of rotatable bonds is 11. The molecule has 0 aliphatic heterocycles. The summed E-state index contributed by atoms with van der Waals surface area (Å²) < 4.78 is 22.3. The molecule has 0 bridgehead atoms. The van der Waals surface area contributed by atoms with E-state index in [-0.39, 0.29) is 12.4 Å². The monoisotopic (exact) mass is 512 g/mol. The number of esters is 1. The van der Waals surface area contributed by atoms with Crippen molar-refractivity contribution in [3.63, 3.8) is 0 Å². The number of hydrogen-bond donors (Lipinski definition) is 1. The van der Waals surface area contributed by atoms with Gasteiger partial charge >= 0.3 is 5.97 Å². The van der Waals surface area contributed by atoms with Crippen molar-refractivity contribution in [2.75, 3.05) is 19.8 Å². The summed E-state index contributed by atoms with van der Waals surface area (Å²) in [6.45, 7) is 4.45. The minimum atomic E-state index is -0.520. The Kier molecular flexibility index (Phi) is 8.91. The van der Waals surface area contributed by atoms with E-state index >= 15 is 0 Å². The molecule has 0 saturated heterocycles. The van der Waals surface area contributed by atoms with Crippen LogP contribution < -0.4 is 24.4 Å². The van der Waals surface area contributed by atoms with Gasteiger partial charge in [0.25, 0.3) is 5.91 Å². The number of hydrogen-bond acceptors (Lipinski definition) is 7. The summed E-state index contributed by atoms with van der Waals surface area (Å²) in [5, 5.41) is 5.96. The third-order valence-electron chi connectivity index (χ3n) is 5.38. The molecule has 0 spiro atoms. The van der Waals surface area contributed by atoms with Crippen LogP contribution >= 0.6 is 0 Å². The SMILES string of the molecule is CCOc1ccc(C(=O)Oc2ccc(/C=N/NC(=O)COc3cccc4ccccc34)cc2OCC)cc1. The molecular weight excluding hydrogens is 484 g/mol. The Labute approximate surface area is 220 Å². The Balaban J connectivity index is 1.35. The average Bonchev–Trinajstić information content (AvgIpc) is 2.94. The first-order valence-electron chi connectivity index (χ1n) is 12.2. The molecule has 0 radical (unpaired) electrons. The standard InChI is InChI=1S/C30H28N2O6/c1-3-35-24-15-13-23(14-16-24)30(34)38-27-17-12-21(18-28(27)36-4-2)19-31-32-29(33)20-37-26-11-7-9-22-8-5-6-10-25(22)26/h5-19H,3-4,20H2,1-2H3,(H,32,33)/b31-19+. The Hall–Kier alpha value is -4.85. The number of fused-ring (bicyclic) bond motifs is 1. The summed E-state index contributed by atoms with van der Waals surface area (Å²) in [5.74, 6) is 1.03. The van der Waals surface area contributed by atoms with E-state index < -0.39 is 11.9 Å². The van der Waals surface area contributed by atoms with Gasteiger partial charge in [0.1, 0.15) is 11.5 Å². The third kappa shape index (κ3) is 6.88. The average molecular weight is 513 g/mol. The zero-order valence-corrected chi connectivity index (χ0v) is 21.2. The molecule has 0 saturated carbocycles. The van der Waals surface area contributed by atoms with E-state index in [1.165, 1.54) is 6.21 Å². The number of carbonyl (C=O) groups is 2. The maximum atomic E-state index is 12.6. The summed E-state index contributed by atoms with van der Waals surface area (Å²) in [7, 11) is 0. The minimum Gasteiger partial charge on any atom is -0.494 e. The van der Waals surface area contributed by atoms with Gasteiger partial charge in [-0.15, -0.1) is 0 Å². The molecule has 4 aromatic carbocycles. The van der Waals surface area contributed by atoms with Crippen molar-refractivity contribution in [2.24, 2.45) is 5.10 Å². The smallest absolute Gasteiger partial charge is 0.343 e. The fourth-order valence-corrected chi connectivity index (χ4v) is 3.65. The first-order valence-corrected chi connectivity index (χ1v) is 12.2. The molecule has 8 heteroatoms. The van der Waals surface area contributed by atoms with E-state index in [0.29, 0.717) is 41.6 Å². The van der Waals surface area contributed by atoms with Crippen LogP contribution in [-0.4, -0.2) is 37.9 Å². The maximum absolute atomic E-state index is 12.6. The number of hydrazone groups is 1. The van der Waals surface area contributed by atoms with Crippen molar-refractivity contribution in [2.45, 2.75) is 13.8 Å². The molecule has 0 unspecified atom stereocenters. The fraction of sp³-hybridized carbons (Fsp3) is 0.167. The molecular formula is C30H28N2O6. The Morgan fingerprint density at radius 1 is 0.789 bits per heavy atom. The van der Waals surface area contributed by atoms with Crippen LogP contribution in [0.2, 0.25) is 0 Å². The highest BCUT2D eigenvalue weighted by Crippen LogP contribution is 2.29. The van der Waals surface area contributed by atoms with Crippen LogP contribution in [0.1, 0.15) is 29.8 Å². The van der Waals surface area contributed by atoms with Gasteiger partial charge in [-0.3, -0.25) is 4.79 Å². The summed E-state index contributed by atoms with van der Waals surface area (Å²) >= 11 is 0. The van der Waals surface area contributed by atoms with Crippen molar-refractivity contribution in [1.82, 2.24) is 5.43 Å². The number of amides is 1. The van der Waals surface area contributed by atoms with Crippen LogP contribution in [0, 0.1) is 0 Å². The lowest BCUT2D eigenvalue weighted by Crippen LogP contribution is -2.24. The molecule has 194 valence electrons. The topological polar surface area (TPSA) is 95.5 Å². The second-order valence-electron chi connectivity index (χ2n) is 8.05. The molecule has 4 rings (SSSR count). The first kappa shape index (κ1) is 26.2. The second-order valence-corrected chi connectivity index (χ2v) is 8.05. The lowest BCUT2D eigenvalue weighted by Gasteiger charge is -2.12. The number of nitrogens with zero attached hydrogens (tertiary/aromatic N) is 1. The third-order valence-corrected chi connectivity index (χ3v) is 5.38. The van der Waals surface area contributed by atoms with E-state index in [1.807, 2.05) is 56.3 Å². The molecule has 8 nitrogen and oxygen atoms in total. The van der Waals surface area contributed by atoms with E-state index in [4.69, 9.17) is 18.9 Å². The minimum absolute atomic E-state index is 0.185. The highest BCUT2D eigenvalue weighted by molar-refractivity contribution is 5.92. The van der Waals surface area contributed by atoms with Gasteiger partial charge in [0.05, 0.1) is 25.0 Å². The van der Waals surface area contributed by atoms with Crippen molar-refractivity contribution >= 4 is 28.9 Å². The van der Waals surface area contributed by atoms with Gasteiger partial charge in [-0.1, -0.05) is 36.4 Å². The van der Waals surface area contributed by atoms with Crippen LogP contribution in [0.25, 0.3) is 10.8 Å². The molecule has 1 amide bonds. The lowest BCUT2D eigenvalue weighted by molar-refractivity contribution is -0.123. The molecule has 0 aliphatic rings. The zero-order valence-electron chi connectivity index (χ0n) is 21.2. The Morgan fingerprint density at radius 2 is 1.55 bits per heavy atom. The van der Waals surface area contributed by atoms with E-state index in [2.05, 4.69) is 10.5 Å². The Bertz CT molecular complexity index is 1430. The molecule has 0 aliphatic carbocycles. The molecule has 4 aromatic rings. The van der Waals surface area contributed by atoms with Crippen LogP contribution in [0.5, 0.6) is 23.0 Å². The molecule has 0 atom stereocenters. The van der Waals surface area contributed by atoms with E-state index in [0.717, 1.165) is 10.8 Å². The van der Waals surface area contributed by atoms with E-state index in [9.17, 15) is 9.59 Å². The van der Waals surface area contributed by atoms with Crippen molar-refractivity contribution in [3.05, 3.63) is 96.1 Å². The summed E-state index contributed by atoms with van der Waals surface area (Å²) in [6.07, 6.45) is 1.47. The predicted molar refractivity (Wildman–Crippen MR) is 145 cm³/mol. The van der Waals surface area contributed by atoms with Gasteiger partial charge < -0.3 is 18.9 Å². The second kappa shape index (κ2) is 12.9. The van der Waals surface area contributed by atoms with Gasteiger partial charge in [-0.25, -0.2) is 10.2 Å². The summed E-state index contributed by atoms with van der Waals surface area (Å²) in [5.41, 5.74) is 3.48. The van der Waals surface area contributed by atoms with Gasteiger partial charge in [0.15, 0.2) is 18.1 Å². The molecule has 1 N–H and O–H groups in total. The molecule has 0 fully saturated rings. The number of nitrogens with one attached hydrogen (secondary N) is 1. The van der Waals surface area contributed by atoms with Crippen LogP contribution in [-0.2, 0) is 4.79 Å². The predicted octanol–water partition coefficient (Wildman–Crippen LogP) is 5.39. The lowest BCUT2D eigenvalue weighted by atomic mass is 10.1. The first-order chi connectivity index (χ1) is 18.6. The fourth-order valence-electron chi connectivity index (χ4n) is 3.65. The van der Waals surface area contributed by atoms with Crippen LogP contribution in [0.3, 0.4) is 0 Å². The quantitative estimate of drug-likeness (QED) is 0.125. The summed E-state index contributed by atoms with van der Waals surface area (Å²) in [6, 6.07) is 25.2. The van der Waals surface area contributed by atoms with Crippen LogP contribution in [0.4, 0.5) is 0 Å². The van der Waals surface area contributed by atoms with Gasteiger partial charge in [0.2, 0.25) is 0 Å². The number of ether oxygens (including phenoxy) is 4. The van der Waals surface area contributed by atoms with Gasteiger partial charge in [-0.2, -0.15) is 5.10 Å². The van der Waals surface area contributed by atoms with Crippen molar-refractivity contribution < 1.29 is 28.5 Å². The largest absolute Gasteiger partial charge is 0.494 e. The van der Waals surface area contributed by atoms with Gasteiger partial charge in [0, 0.05) is 5.39 Å². The number of benzene rings is 4. The molecule has 0 aromatic heterocycles. The van der Waals surface area contributed by atoms with E-state index in [1.54, 1.807) is 42.5 Å². The van der Waals surface area contributed by atoms with Crippen LogP contribution in [0.15, 0.2) is 90.0 Å². The Morgan fingerprint density at radius 3 is 2.34 bits per heavy atom. The normalized spacial score (nSPS) is 10.8. The molecule has 38 heavy (non-hydrogen) atoms. The van der Waals surface area contributed by atoms with Crippen molar-refractivity contribution in [3.8, 4) is 23.0 Å².